The van der Waals surface area contributed by atoms with E-state index in [-0.39, 0.29) is 34.9 Å². The van der Waals surface area contributed by atoms with Crippen molar-refractivity contribution in [3.63, 3.8) is 0 Å². The van der Waals surface area contributed by atoms with Gasteiger partial charge in [0.25, 0.3) is 5.56 Å². The van der Waals surface area contributed by atoms with E-state index in [0.29, 0.717) is 11.2 Å². The van der Waals surface area contributed by atoms with Gasteiger partial charge in [0, 0.05) is 14.1 Å². The molecule has 0 aliphatic carbocycles. The Labute approximate surface area is 158 Å². The number of halogens is 2. The molecular weight excluding hydrogens is 422 g/mol. The van der Waals surface area contributed by atoms with Crippen molar-refractivity contribution in [3.05, 3.63) is 63.1 Å². The van der Waals surface area contributed by atoms with Gasteiger partial charge in [0.2, 0.25) is 0 Å². The van der Waals surface area contributed by atoms with Crippen LogP contribution >= 0.6 is 23.7 Å². The zero-order valence-corrected chi connectivity index (χ0v) is 16.6. The molecule has 0 radical (unpaired) electrons. The summed E-state index contributed by atoms with van der Waals surface area (Å²) in [5.41, 5.74) is 1.08. The number of nitrogens with zero attached hydrogens (tertiary/aromatic N) is 4. The quantitative estimate of drug-likeness (QED) is 0.558. The Morgan fingerprint density at radius 2 is 1.71 bits per heavy atom. The summed E-state index contributed by atoms with van der Waals surface area (Å²) in [5.74, 6) is 0. The normalized spacial score (nSPS) is 10.0. The first kappa shape index (κ1) is 20.5. The molecule has 0 spiro atoms. The van der Waals surface area contributed by atoms with E-state index in [4.69, 9.17) is 0 Å². The van der Waals surface area contributed by atoms with Crippen LogP contribution in [0.5, 0.6) is 0 Å². The molecule has 3 rings (SSSR count). The van der Waals surface area contributed by atoms with Crippen LogP contribution in [0, 0.1) is 0 Å². The van der Waals surface area contributed by atoms with E-state index in [1.165, 1.54) is 9.13 Å². The second-order valence-corrected chi connectivity index (χ2v) is 5.27. The van der Waals surface area contributed by atoms with Crippen LogP contribution in [0.25, 0.3) is 11.2 Å². The van der Waals surface area contributed by atoms with Crippen molar-refractivity contribution in [1.29, 1.82) is 0 Å². The number of hydrogen-bond acceptors (Lipinski definition) is 4. The number of fused-ring (bicyclic) bond motifs is 1. The molecule has 0 saturated carbocycles. The number of benzene rings is 1. The summed E-state index contributed by atoms with van der Waals surface area (Å²) in [6.07, 6.45) is 1.54. The Bertz CT molecular complexity index is 921. The summed E-state index contributed by atoms with van der Waals surface area (Å²) in [4.78, 5) is 28.9. The van der Waals surface area contributed by atoms with Gasteiger partial charge < -0.3 is 4.57 Å². The first-order chi connectivity index (χ1) is 11.0. The predicted octanol–water partition coefficient (Wildman–Crippen LogP) is 0.876. The zero-order chi connectivity index (χ0) is 17.0. The Morgan fingerprint density at radius 3 is 2.29 bits per heavy atom. The first-order valence-corrected chi connectivity index (χ1v) is 7.17. The van der Waals surface area contributed by atoms with Gasteiger partial charge in [-0.3, -0.25) is 13.9 Å². The molecule has 24 heavy (non-hydrogen) atoms. The average Bonchev–Trinajstić information content (AvgIpc) is 2.93. The van der Waals surface area contributed by atoms with Crippen LogP contribution in [0.1, 0.15) is 5.56 Å². The Hall–Kier alpha value is -1.57. The fourth-order valence-corrected chi connectivity index (χ4v) is 2.30. The SMILES string of the molecule is ClOCl.Cn1cnc2c1c(=O)n(Cc1ccccc1)c(=O)n2C.[SeH2]. The molecule has 0 aliphatic heterocycles. The Morgan fingerprint density at radius 1 is 1.12 bits per heavy atom. The summed E-state index contributed by atoms with van der Waals surface area (Å²) < 4.78 is 7.47. The third kappa shape index (κ3) is 4.09. The molecule has 3 aromatic rings. The molecule has 0 aliphatic rings. The molecule has 0 unspecified atom stereocenters. The van der Waals surface area contributed by atoms with E-state index in [1.54, 1.807) is 25.0 Å². The van der Waals surface area contributed by atoms with Crippen LogP contribution < -0.4 is 11.2 Å². The van der Waals surface area contributed by atoms with E-state index < -0.39 is 0 Å². The van der Waals surface area contributed by atoms with Crippen molar-refractivity contribution in [1.82, 2.24) is 18.7 Å². The maximum absolute atomic E-state index is 12.5. The van der Waals surface area contributed by atoms with Crippen molar-refractivity contribution >= 4 is 52.0 Å². The standard InChI is InChI=1S/C14H14N4O2.Cl2O.H2Se/c1-16-9-15-12-11(16)13(19)18(14(20)17(12)2)8-10-6-4-3-5-7-10;1-3-2;/h3-7,9H,8H2,1-2H3;;1H2. The van der Waals surface area contributed by atoms with Crippen LogP contribution in [0.2, 0.25) is 0 Å². The molecular formula is C14H16Cl2N4O3Se. The molecule has 2 heterocycles. The molecule has 0 saturated heterocycles. The van der Waals surface area contributed by atoms with Gasteiger partial charge in [0.1, 0.15) is 0 Å². The van der Waals surface area contributed by atoms with Gasteiger partial charge in [0.05, 0.1) is 36.6 Å². The summed E-state index contributed by atoms with van der Waals surface area (Å²) >= 11 is 8.53. The summed E-state index contributed by atoms with van der Waals surface area (Å²) in [7, 11) is 3.37. The third-order valence-electron chi connectivity index (χ3n) is 3.38. The van der Waals surface area contributed by atoms with Gasteiger partial charge in [-0.25, -0.2) is 9.78 Å². The fourth-order valence-electron chi connectivity index (χ4n) is 2.30. The van der Waals surface area contributed by atoms with Crippen molar-refractivity contribution in [2.24, 2.45) is 14.1 Å². The van der Waals surface area contributed by atoms with Crippen molar-refractivity contribution in [2.45, 2.75) is 6.54 Å². The van der Waals surface area contributed by atoms with E-state index in [0.717, 1.165) is 5.56 Å². The van der Waals surface area contributed by atoms with Gasteiger partial charge in [0.15, 0.2) is 11.2 Å². The van der Waals surface area contributed by atoms with Gasteiger partial charge >= 0.3 is 22.8 Å². The first-order valence-electron chi connectivity index (χ1n) is 6.55. The monoisotopic (exact) mass is 438 g/mol. The second kappa shape index (κ2) is 9.05. The number of rotatable bonds is 2. The molecule has 0 bridgehead atoms. The van der Waals surface area contributed by atoms with Crippen LogP contribution in [-0.4, -0.2) is 35.8 Å². The van der Waals surface area contributed by atoms with Gasteiger partial charge in [-0.05, 0) is 5.56 Å². The van der Waals surface area contributed by atoms with Crippen molar-refractivity contribution in [2.75, 3.05) is 0 Å². The minimum absolute atomic E-state index is 0. The topological polar surface area (TPSA) is 71.1 Å². The molecule has 130 valence electrons. The third-order valence-corrected chi connectivity index (χ3v) is 3.38. The van der Waals surface area contributed by atoms with E-state index in [2.05, 4.69) is 32.6 Å². The predicted molar refractivity (Wildman–Crippen MR) is 97.1 cm³/mol. The van der Waals surface area contributed by atoms with Crippen LogP contribution in [0.3, 0.4) is 0 Å². The zero-order valence-electron chi connectivity index (χ0n) is 12.9. The molecule has 7 nitrogen and oxygen atoms in total. The number of aryl methyl sites for hydroxylation is 2. The van der Waals surface area contributed by atoms with E-state index in [1.807, 2.05) is 30.3 Å². The number of aromatic nitrogens is 4. The molecule has 0 atom stereocenters. The summed E-state index contributed by atoms with van der Waals surface area (Å²) in [5, 5.41) is 0. The van der Waals surface area contributed by atoms with E-state index >= 15 is 0 Å². The number of imidazole rings is 1. The molecule has 10 heteroatoms. The second-order valence-electron chi connectivity index (χ2n) is 4.80. The van der Waals surface area contributed by atoms with Gasteiger partial charge in [-0.2, -0.15) is 3.84 Å². The Balaban J connectivity index is 0.000000671. The maximum atomic E-state index is 12.5. The van der Waals surface area contributed by atoms with Gasteiger partial charge in [-0.1, -0.05) is 30.3 Å². The van der Waals surface area contributed by atoms with Crippen LogP contribution in [0.4, 0.5) is 0 Å². The number of hydrogen-bond donors (Lipinski definition) is 0. The molecule has 0 fully saturated rings. The van der Waals surface area contributed by atoms with Crippen LogP contribution in [-0.2, 0) is 24.5 Å². The molecule has 1 aromatic carbocycles. The minimum atomic E-state index is -0.356. The molecule has 0 amide bonds. The van der Waals surface area contributed by atoms with E-state index in [9.17, 15) is 9.59 Å². The summed E-state index contributed by atoms with van der Waals surface area (Å²) in [6, 6.07) is 9.44. The average molecular weight is 438 g/mol. The summed E-state index contributed by atoms with van der Waals surface area (Å²) in [6.45, 7) is 0.257. The van der Waals surface area contributed by atoms with Crippen LogP contribution in [0.15, 0.2) is 46.2 Å². The van der Waals surface area contributed by atoms with Crippen molar-refractivity contribution in [3.8, 4) is 0 Å². The molecule has 0 N–H and O–H groups in total. The Kier molecular flexibility index (Phi) is 7.72. The van der Waals surface area contributed by atoms with Crippen molar-refractivity contribution < 1.29 is 3.84 Å². The molecule has 2 aromatic heterocycles. The fraction of sp³-hybridized carbons (Fsp3) is 0.214. The van der Waals surface area contributed by atoms with Gasteiger partial charge in [-0.15, -0.1) is 0 Å².